The molecule has 0 radical (unpaired) electrons. The predicted molar refractivity (Wildman–Crippen MR) is 117 cm³/mol. The van der Waals surface area contributed by atoms with E-state index in [9.17, 15) is 14.7 Å². The number of nitrogens with zero attached hydrogens (tertiary/aromatic N) is 1. The molecule has 1 fully saturated rings. The average molecular weight is 421 g/mol. The minimum Gasteiger partial charge on any atom is -0.507 e. The van der Waals surface area contributed by atoms with Gasteiger partial charge in [0.15, 0.2) is 11.5 Å². The number of hydrogen-bond donors (Lipinski definition) is 1. The summed E-state index contributed by atoms with van der Waals surface area (Å²) in [6.07, 6.45) is 3.93. The van der Waals surface area contributed by atoms with Gasteiger partial charge in [-0.25, -0.2) is 0 Å². The Morgan fingerprint density at radius 2 is 1.77 bits per heavy atom. The first kappa shape index (κ1) is 21.0. The van der Waals surface area contributed by atoms with E-state index >= 15 is 0 Å². The molecule has 6 heteroatoms. The highest BCUT2D eigenvalue weighted by atomic mass is 16.7. The van der Waals surface area contributed by atoms with E-state index in [2.05, 4.69) is 6.92 Å². The van der Waals surface area contributed by atoms with E-state index in [1.165, 1.54) is 0 Å². The molecule has 162 valence electrons. The van der Waals surface area contributed by atoms with Crippen LogP contribution in [-0.4, -0.2) is 35.0 Å². The highest BCUT2D eigenvalue weighted by molar-refractivity contribution is 6.46. The number of ether oxygens (including phenoxy) is 2. The maximum atomic E-state index is 13.0. The lowest BCUT2D eigenvalue weighted by Gasteiger charge is -2.25. The second kappa shape index (κ2) is 8.84. The van der Waals surface area contributed by atoms with E-state index in [-0.39, 0.29) is 18.1 Å². The summed E-state index contributed by atoms with van der Waals surface area (Å²) in [6, 6.07) is 12.0. The van der Waals surface area contributed by atoms with Gasteiger partial charge in [-0.3, -0.25) is 9.59 Å². The molecule has 0 saturated carbocycles. The Labute approximate surface area is 182 Å². The maximum Gasteiger partial charge on any atom is 0.295 e. The highest BCUT2D eigenvalue weighted by Gasteiger charge is 2.46. The number of likely N-dealkylation sites (tertiary alicyclic amines) is 1. The molecule has 0 aliphatic carbocycles. The van der Waals surface area contributed by atoms with E-state index in [4.69, 9.17) is 9.47 Å². The molecule has 2 aromatic rings. The van der Waals surface area contributed by atoms with Crippen LogP contribution >= 0.6 is 0 Å². The number of aliphatic hydroxyl groups is 1. The molecule has 2 heterocycles. The molecule has 2 aliphatic heterocycles. The van der Waals surface area contributed by atoms with E-state index < -0.39 is 17.7 Å². The molecule has 31 heavy (non-hydrogen) atoms. The normalized spacial score (nSPS) is 19.3. The van der Waals surface area contributed by atoms with Crippen molar-refractivity contribution in [2.75, 3.05) is 13.3 Å². The summed E-state index contributed by atoms with van der Waals surface area (Å²) in [5.74, 6) is -0.187. The first-order chi connectivity index (χ1) is 15.0. The van der Waals surface area contributed by atoms with Crippen LogP contribution in [-0.2, 0) is 9.59 Å². The summed E-state index contributed by atoms with van der Waals surface area (Å²) in [5, 5.41) is 11.1. The largest absolute Gasteiger partial charge is 0.507 e. The second-order valence-corrected chi connectivity index (χ2v) is 8.03. The number of fused-ring (bicyclic) bond motifs is 1. The zero-order valence-electron chi connectivity index (χ0n) is 17.9. The molecule has 1 unspecified atom stereocenters. The molecular formula is C25H27NO5. The van der Waals surface area contributed by atoms with Crippen molar-refractivity contribution in [3.63, 3.8) is 0 Å². The maximum absolute atomic E-state index is 13.0. The number of ketones is 1. The Morgan fingerprint density at radius 3 is 2.52 bits per heavy atom. The van der Waals surface area contributed by atoms with Crippen LogP contribution in [0, 0.1) is 6.92 Å². The van der Waals surface area contributed by atoms with E-state index in [0.717, 1.165) is 31.2 Å². The van der Waals surface area contributed by atoms with Crippen LogP contribution in [0.2, 0.25) is 0 Å². The van der Waals surface area contributed by atoms with Crippen molar-refractivity contribution in [3.05, 3.63) is 64.7 Å². The van der Waals surface area contributed by atoms with E-state index in [1.807, 2.05) is 25.1 Å². The Kier molecular flexibility index (Phi) is 5.98. The van der Waals surface area contributed by atoms with Crippen LogP contribution in [0.1, 0.15) is 55.3 Å². The lowest BCUT2D eigenvalue weighted by atomic mass is 9.94. The first-order valence-electron chi connectivity index (χ1n) is 10.8. The number of aryl methyl sites for hydroxylation is 1. The number of aliphatic hydroxyl groups excluding tert-OH is 1. The van der Waals surface area contributed by atoms with Gasteiger partial charge in [-0.05, 0) is 31.0 Å². The van der Waals surface area contributed by atoms with Gasteiger partial charge in [0.1, 0.15) is 5.76 Å². The molecule has 4 rings (SSSR count). The van der Waals surface area contributed by atoms with E-state index in [1.54, 1.807) is 29.2 Å². The number of amides is 1. The Balaban J connectivity index is 1.77. The van der Waals surface area contributed by atoms with Crippen molar-refractivity contribution < 1.29 is 24.2 Å². The van der Waals surface area contributed by atoms with Crippen molar-refractivity contribution in [3.8, 4) is 11.5 Å². The summed E-state index contributed by atoms with van der Waals surface area (Å²) in [4.78, 5) is 27.6. The molecule has 1 atom stereocenters. The number of benzene rings is 2. The minimum atomic E-state index is -0.669. The van der Waals surface area contributed by atoms with Crippen LogP contribution in [0.15, 0.2) is 48.0 Å². The van der Waals surface area contributed by atoms with Crippen molar-refractivity contribution in [1.29, 1.82) is 0 Å². The monoisotopic (exact) mass is 421 g/mol. The van der Waals surface area contributed by atoms with Gasteiger partial charge in [0, 0.05) is 12.1 Å². The van der Waals surface area contributed by atoms with Gasteiger partial charge in [-0.15, -0.1) is 0 Å². The minimum absolute atomic E-state index is 0.114. The Bertz CT molecular complexity index is 1020. The summed E-state index contributed by atoms with van der Waals surface area (Å²) in [6.45, 7) is 4.67. The number of rotatable bonds is 7. The van der Waals surface area contributed by atoms with Crippen LogP contribution < -0.4 is 9.47 Å². The summed E-state index contributed by atoms with van der Waals surface area (Å²) in [7, 11) is 0. The van der Waals surface area contributed by atoms with Crippen molar-refractivity contribution >= 4 is 17.4 Å². The van der Waals surface area contributed by atoms with Gasteiger partial charge in [-0.2, -0.15) is 0 Å². The van der Waals surface area contributed by atoms with Crippen LogP contribution in [0.3, 0.4) is 0 Å². The Hall–Kier alpha value is -3.28. The van der Waals surface area contributed by atoms with Crippen molar-refractivity contribution in [2.24, 2.45) is 0 Å². The van der Waals surface area contributed by atoms with Gasteiger partial charge in [-0.1, -0.05) is 62.1 Å². The van der Waals surface area contributed by atoms with E-state index in [0.29, 0.717) is 29.2 Å². The number of hydrogen-bond acceptors (Lipinski definition) is 5. The van der Waals surface area contributed by atoms with Gasteiger partial charge < -0.3 is 19.5 Å². The summed E-state index contributed by atoms with van der Waals surface area (Å²) < 4.78 is 10.9. The lowest BCUT2D eigenvalue weighted by molar-refractivity contribution is -0.139. The molecule has 1 amide bonds. The molecule has 1 saturated heterocycles. The topological polar surface area (TPSA) is 76.1 Å². The third-order valence-corrected chi connectivity index (χ3v) is 5.83. The van der Waals surface area contributed by atoms with Gasteiger partial charge in [0.25, 0.3) is 11.7 Å². The smallest absolute Gasteiger partial charge is 0.295 e. The van der Waals surface area contributed by atoms with Crippen molar-refractivity contribution in [2.45, 2.75) is 45.6 Å². The van der Waals surface area contributed by atoms with Crippen LogP contribution in [0.25, 0.3) is 5.76 Å². The van der Waals surface area contributed by atoms with Crippen LogP contribution in [0.4, 0.5) is 0 Å². The third-order valence-electron chi connectivity index (χ3n) is 5.83. The van der Waals surface area contributed by atoms with Crippen LogP contribution in [0.5, 0.6) is 11.5 Å². The highest BCUT2D eigenvalue weighted by Crippen LogP contribution is 2.43. The number of unbranched alkanes of at least 4 members (excludes halogenated alkanes) is 3. The molecule has 2 aromatic carbocycles. The average Bonchev–Trinajstić information content (AvgIpc) is 3.34. The third kappa shape index (κ3) is 4.02. The zero-order valence-corrected chi connectivity index (χ0v) is 17.9. The zero-order chi connectivity index (χ0) is 22.0. The predicted octanol–water partition coefficient (Wildman–Crippen LogP) is 4.73. The molecule has 0 bridgehead atoms. The molecule has 0 aromatic heterocycles. The number of carbonyl (C=O) groups is 2. The fraction of sp³-hybridized carbons (Fsp3) is 0.360. The SMILES string of the molecule is CCCCCCN1C(=O)C(=O)C(=C(O)c2ccc(C)cc2)C1c1ccc2c(c1)OCO2. The fourth-order valence-corrected chi connectivity index (χ4v) is 4.12. The summed E-state index contributed by atoms with van der Waals surface area (Å²) in [5.41, 5.74) is 2.39. The number of carbonyl (C=O) groups excluding carboxylic acids is 2. The van der Waals surface area contributed by atoms with Gasteiger partial charge >= 0.3 is 0 Å². The fourth-order valence-electron chi connectivity index (χ4n) is 4.12. The van der Waals surface area contributed by atoms with Crippen molar-refractivity contribution in [1.82, 2.24) is 4.90 Å². The second-order valence-electron chi connectivity index (χ2n) is 8.03. The van der Waals surface area contributed by atoms with Gasteiger partial charge in [0.05, 0.1) is 11.6 Å². The standard InChI is InChI=1S/C25H27NO5/c1-3-4-5-6-13-26-22(18-11-12-19-20(14-18)31-15-30-19)21(24(28)25(26)29)23(27)17-9-7-16(2)8-10-17/h7-12,14,22,27H,3-6,13,15H2,1-2H3. The molecule has 1 N–H and O–H groups in total. The molecule has 0 spiro atoms. The lowest BCUT2D eigenvalue weighted by Crippen LogP contribution is -2.30. The summed E-state index contributed by atoms with van der Waals surface area (Å²) >= 11 is 0. The van der Waals surface area contributed by atoms with Gasteiger partial charge in [0.2, 0.25) is 6.79 Å². The molecule has 6 nitrogen and oxygen atoms in total. The first-order valence-corrected chi connectivity index (χ1v) is 10.8. The number of Topliss-reactive ketones (excluding diaryl/α,β-unsaturated/α-hetero) is 1. The Morgan fingerprint density at radius 1 is 1.03 bits per heavy atom. The molecular weight excluding hydrogens is 394 g/mol. The molecule has 2 aliphatic rings. The quantitative estimate of drug-likeness (QED) is 0.303.